The van der Waals surface area contributed by atoms with E-state index in [1.807, 2.05) is 43.1 Å². The fourth-order valence-electron chi connectivity index (χ4n) is 4.33. The van der Waals surface area contributed by atoms with Gasteiger partial charge >= 0.3 is 6.09 Å². The third kappa shape index (κ3) is 4.47. The number of likely N-dealkylation sites (tertiary alicyclic amines) is 1. The van der Waals surface area contributed by atoms with Gasteiger partial charge in [-0.2, -0.15) is 0 Å². The lowest BCUT2D eigenvalue weighted by molar-refractivity contribution is -0.130. The zero-order chi connectivity index (χ0) is 23.7. The van der Waals surface area contributed by atoms with E-state index < -0.39 is 6.09 Å². The third-order valence-electron chi connectivity index (χ3n) is 5.84. The number of hydrogen-bond acceptors (Lipinski definition) is 6. The summed E-state index contributed by atoms with van der Waals surface area (Å²) in [5.74, 6) is 1.51. The lowest BCUT2D eigenvalue weighted by Crippen LogP contribution is -2.36. The van der Waals surface area contributed by atoms with Gasteiger partial charge in [-0.05, 0) is 39.6 Å². The van der Waals surface area contributed by atoms with E-state index in [1.54, 1.807) is 18.3 Å². The summed E-state index contributed by atoms with van der Waals surface area (Å²) in [6.07, 6.45) is 3.33. The smallest absolute Gasteiger partial charge is 0.409 e. The molecule has 1 atom stereocenters. The zero-order valence-electron chi connectivity index (χ0n) is 19.2. The third-order valence-corrected chi connectivity index (χ3v) is 5.84. The summed E-state index contributed by atoms with van der Waals surface area (Å²) < 4.78 is 7.46. The molecule has 0 bridgehead atoms. The first-order valence-corrected chi connectivity index (χ1v) is 10.7. The van der Waals surface area contributed by atoms with Crippen LogP contribution in [0.1, 0.15) is 23.9 Å². The van der Waals surface area contributed by atoms with E-state index >= 15 is 0 Å². The van der Waals surface area contributed by atoms with Gasteiger partial charge in [-0.1, -0.05) is 6.07 Å². The normalized spacial score (nSPS) is 15.9. The number of carbonyl (C=O) groups excluding carboxylic acids is 1. The van der Waals surface area contributed by atoms with E-state index in [9.17, 15) is 9.59 Å². The Kier molecular flexibility index (Phi) is 6.19. The molecule has 0 radical (unpaired) electrons. The molecule has 2 aromatic heterocycles. The summed E-state index contributed by atoms with van der Waals surface area (Å²) in [7, 11) is 5.27. The molecule has 0 spiro atoms. The number of benzene rings is 1. The van der Waals surface area contributed by atoms with Crippen molar-refractivity contribution in [1.82, 2.24) is 24.2 Å². The molecule has 0 saturated carbocycles. The topological polar surface area (TPSA) is 112 Å². The lowest BCUT2D eigenvalue weighted by Gasteiger charge is -2.18. The van der Waals surface area contributed by atoms with Crippen molar-refractivity contribution in [1.29, 1.82) is 0 Å². The van der Waals surface area contributed by atoms with E-state index in [4.69, 9.17) is 14.8 Å². The molecule has 1 aromatic carbocycles. The number of nitrogens with zero attached hydrogens (tertiary/aromatic N) is 5. The average Bonchev–Trinajstić information content (AvgIpc) is 3.39. The predicted octanol–water partition coefficient (Wildman–Crippen LogP) is 2.68. The number of carbonyl (C=O) groups is 2. The first kappa shape index (κ1) is 22.5. The van der Waals surface area contributed by atoms with Gasteiger partial charge in [0.1, 0.15) is 11.6 Å². The Morgan fingerprint density at radius 2 is 2.12 bits per heavy atom. The van der Waals surface area contributed by atoms with E-state index in [-0.39, 0.29) is 11.8 Å². The van der Waals surface area contributed by atoms with Gasteiger partial charge in [0, 0.05) is 37.0 Å². The van der Waals surface area contributed by atoms with Crippen LogP contribution >= 0.6 is 0 Å². The lowest BCUT2D eigenvalue weighted by atomic mass is 10.1. The largest absolute Gasteiger partial charge is 0.495 e. The Bertz CT molecular complexity index is 1210. The van der Waals surface area contributed by atoms with Crippen LogP contribution in [0.3, 0.4) is 0 Å². The van der Waals surface area contributed by atoms with E-state index in [0.29, 0.717) is 31.1 Å². The predicted molar refractivity (Wildman–Crippen MR) is 124 cm³/mol. The van der Waals surface area contributed by atoms with Gasteiger partial charge in [0.2, 0.25) is 5.91 Å². The van der Waals surface area contributed by atoms with Crippen LogP contribution in [-0.2, 0) is 4.79 Å². The second-order valence-electron chi connectivity index (χ2n) is 8.46. The summed E-state index contributed by atoms with van der Waals surface area (Å²) in [6.45, 7) is 3.65. The van der Waals surface area contributed by atoms with Crippen molar-refractivity contribution in [2.45, 2.75) is 19.3 Å². The van der Waals surface area contributed by atoms with Gasteiger partial charge in [-0.15, -0.1) is 0 Å². The number of anilines is 1. The van der Waals surface area contributed by atoms with Crippen LogP contribution in [0.5, 0.6) is 5.75 Å². The standard InChI is InChI=1S/C23H28N6O4/c1-14-21-20(15-5-6-17(25-23(31)32)18(11-15)33-4)26-22(29(21)10-8-24-14)16-7-9-28(12-16)19(30)13-27(2)3/h5-6,8,10-11,16,25H,7,9,12-13H2,1-4H3,(H,31,32). The van der Waals surface area contributed by atoms with Crippen molar-refractivity contribution in [2.24, 2.45) is 0 Å². The molecule has 1 unspecified atom stereocenters. The van der Waals surface area contributed by atoms with Crippen molar-refractivity contribution in [3.63, 3.8) is 0 Å². The molecular weight excluding hydrogens is 424 g/mol. The van der Waals surface area contributed by atoms with Crippen LogP contribution < -0.4 is 10.1 Å². The van der Waals surface area contributed by atoms with Gasteiger partial charge in [-0.25, -0.2) is 9.78 Å². The van der Waals surface area contributed by atoms with E-state index in [0.717, 1.165) is 34.7 Å². The Morgan fingerprint density at radius 1 is 1.33 bits per heavy atom. The van der Waals surface area contributed by atoms with E-state index in [1.165, 1.54) is 7.11 Å². The molecule has 1 aliphatic rings. The van der Waals surface area contributed by atoms with Crippen LogP contribution in [0.4, 0.5) is 10.5 Å². The van der Waals surface area contributed by atoms with Crippen molar-refractivity contribution in [3.8, 4) is 17.0 Å². The Hall–Kier alpha value is -3.66. The minimum Gasteiger partial charge on any atom is -0.495 e. The van der Waals surface area contributed by atoms with Gasteiger partial charge in [0.05, 0.1) is 36.2 Å². The summed E-state index contributed by atoms with van der Waals surface area (Å²) in [5, 5.41) is 11.4. The van der Waals surface area contributed by atoms with Crippen LogP contribution in [0, 0.1) is 6.92 Å². The first-order valence-electron chi connectivity index (χ1n) is 10.7. The fraction of sp³-hybridized carbons (Fsp3) is 0.391. The first-order chi connectivity index (χ1) is 15.8. The van der Waals surface area contributed by atoms with Gasteiger partial charge in [-0.3, -0.25) is 19.5 Å². The minimum absolute atomic E-state index is 0.106. The summed E-state index contributed by atoms with van der Waals surface area (Å²) in [4.78, 5) is 36.9. The summed E-state index contributed by atoms with van der Waals surface area (Å²) >= 11 is 0. The molecular formula is C23H28N6O4. The SMILES string of the molecule is COc1cc(-c2nc(C3CCN(C(=O)CN(C)C)C3)n3ccnc(C)c23)ccc1NC(=O)O. The van der Waals surface area contributed by atoms with Crippen LogP contribution in [-0.4, -0.2) is 82.1 Å². The number of carboxylic acid groups (broad SMARTS) is 1. The maximum Gasteiger partial charge on any atom is 0.409 e. The number of fused-ring (bicyclic) bond motifs is 1. The quantitative estimate of drug-likeness (QED) is 0.591. The second kappa shape index (κ2) is 9.07. The number of likely N-dealkylation sites (N-methyl/N-ethyl adjacent to an activating group) is 1. The number of aryl methyl sites for hydroxylation is 1. The highest BCUT2D eigenvalue weighted by atomic mass is 16.5. The summed E-state index contributed by atoms with van der Waals surface area (Å²) in [5.41, 5.74) is 3.61. The molecule has 3 aromatic rings. The molecule has 1 aliphatic heterocycles. The highest BCUT2D eigenvalue weighted by Gasteiger charge is 2.31. The monoisotopic (exact) mass is 452 g/mol. The Balaban J connectivity index is 1.73. The molecule has 10 nitrogen and oxygen atoms in total. The number of nitrogens with one attached hydrogen (secondary N) is 1. The number of methoxy groups -OCH3 is 1. The number of amides is 2. The molecule has 33 heavy (non-hydrogen) atoms. The average molecular weight is 453 g/mol. The molecule has 4 rings (SSSR count). The molecule has 2 amide bonds. The maximum atomic E-state index is 12.5. The van der Waals surface area contributed by atoms with E-state index in [2.05, 4.69) is 14.7 Å². The zero-order valence-corrected chi connectivity index (χ0v) is 19.2. The van der Waals surface area contributed by atoms with Crippen molar-refractivity contribution >= 4 is 23.2 Å². The summed E-state index contributed by atoms with van der Waals surface area (Å²) in [6, 6.07) is 5.25. The highest BCUT2D eigenvalue weighted by Crippen LogP contribution is 2.36. The molecule has 1 fully saturated rings. The van der Waals surface area contributed by atoms with Crippen LogP contribution in [0.25, 0.3) is 16.8 Å². The number of aromatic nitrogens is 3. The molecule has 174 valence electrons. The molecule has 3 heterocycles. The number of ether oxygens (including phenoxy) is 1. The Labute approximate surface area is 191 Å². The highest BCUT2D eigenvalue weighted by molar-refractivity contribution is 5.88. The molecule has 10 heteroatoms. The fourth-order valence-corrected chi connectivity index (χ4v) is 4.33. The molecule has 2 N–H and O–H groups in total. The van der Waals surface area contributed by atoms with Crippen molar-refractivity contribution in [3.05, 3.63) is 42.1 Å². The number of hydrogen-bond donors (Lipinski definition) is 2. The number of rotatable bonds is 6. The second-order valence-corrected chi connectivity index (χ2v) is 8.46. The minimum atomic E-state index is -1.16. The van der Waals surface area contributed by atoms with Crippen LogP contribution in [0.2, 0.25) is 0 Å². The van der Waals surface area contributed by atoms with Gasteiger partial charge in [0.25, 0.3) is 0 Å². The Morgan fingerprint density at radius 3 is 2.82 bits per heavy atom. The molecule has 0 aliphatic carbocycles. The van der Waals surface area contributed by atoms with Crippen LogP contribution in [0.15, 0.2) is 30.6 Å². The van der Waals surface area contributed by atoms with Gasteiger partial charge < -0.3 is 19.6 Å². The van der Waals surface area contributed by atoms with Gasteiger partial charge in [0.15, 0.2) is 0 Å². The molecule has 1 saturated heterocycles. The number of imidazole rings is 1. The van der Waals surface area contributed by atoms with Crippen molar-refractivity contribution in [2.75, 3.05) is 46.2 Å². The maximum absolute atomic E-state index is 12.5. The van der Waals surface area contributed by atoms with Crippen molar-refractivity contribution < 1.29 is 19.4 Å².